The molecule has 2 aromatic carbocycles. The maximum absolute atomic E-state index is 13.2. The minimum Gasteiger partial charge on any atom is -0.486 e. The van der Waals surface area contributed by atoms with Crippen LogP contribution in [-0.2, 0) is 9.59 Å². The van der Waals surface area contributed by atoms with E-state index in [0.717, 1.165) is 5.56 Å². The Morgan fingerprint density at radius 1 is 1.06 bits per heavy atom. The van der Waals surface area contributed by atoms with Crippen molar-refractivity contribution in [3.8, 4) is 11.5 Å². The van der Waals surface area contributed by atoms with Crippen molar-refractivity contribution in [2.45, 2.75) is 19.4 Å². The van der Waals surface area contributed by atoms with Gasteiger partial charge in [0.25, 0.3) is 11.5 Å². The van der Waals surface area contributed by atoms with Gasteiger partial charge in [-0.2, -0.15) is 0 Å². The summed E-state index contributed by atoms with van der Waals surface area (Å²) in [7, 11) is 0. The van der Waals surface area contributed by atoms with E-state index in [-0.39, 0.29) is 11.5 Å². The van der Waals surface area contributed by atoms with Gasteiger partial charge >= 0.3 is 0 Å². The standard InChI is InChI=1S/C23H21N3O5/c1-13-2-4-15(5-3-13)24-23(29)21(26-7-6-20(26)27)16-10-14-11-18-19(31-9-8-30-18)12-17(14)25-22(16)28/h2-5,10-12,21H,6-9H2,1H3,(H,24,29)(H,25,28). The van der Waals surface area contributed by atoms with Crippen molar-refractivity contribution in [3.05, 3.63) is 63.9 Å². The number of H-pyrrole nitrogens is 1. The van der Waals surface area contributed by atoms with Crippen LogP contribution in [0.4, 0.5) is 5.69 Å². The van der Waals surface area contributed by atoms with Crippen molar-refractivity contribution in [1.29, 1.82) is 0 Å². The Morgan fingerprint density at radius 3 is 2.42 bits per heavy atom. The normalized spacial score (nSPS) is 16.0. The molecule has 0 aliphatic carbocycles. The molecule has 2 aliphatic rings. The van der Waals surface area contributed by atoms with E-state index >= 15 is 0 Å². The number of pyridine rings is 1. The number of benzene rings is 2. The van der Waals surface area contributed by atoms with Crippen molar-refractivity contribution in [2.24, 2.45) is 0 Å². The summed E-state index contributed by atoms with van der Waals surface area (Å²) in [6, 6.07) is 11.5. The number of rotatable bonds is 4. The average Bonchev–Trinajstić information content (AvgIpc) is 2.76. The van der Waals surface area contributed by atoms with Gasteiger partial charge in [0, 0.05) is 35.7 Å². The second-order valence-electron chi connectivity index (χ2n) is 7.73. The highest BCUT2D eigenvalue weighted by molar-refractivity contribution is 5.99. The van der Waals surface area contributed by atoms with Crippen molar-refractivity contribution in [3.63, 3.8) is 0 Å². The molecular weight excluding hydrogens is 398 g/mol. The highest BCUT2D eigenvalue weighted by Crippen LogP contribution is 2.35. The van der Waals surface area contributed by atoms with Gasteiger partial charge in [0.2, 0.25) is 5.91 Å². The first kappa shape index (κ1) is 19.2. The Bertz CT molecular complexity index is 1250. The number of ether oxygens (including phenoxy) is 2. The topological polar surface area (TPSA) is 101 Å². The molecule has 0 radical (unpaired) electrons. The predicted octanol–water partition coefficient (Wildman–Crippen LogP) is 2.52. The maximum Gasteiger partial charge on any atom is 0.254 e. The number of anilines is 1. The number of nitrogens with zero attached hydrogens (tertiary/aromatic N) is 1. The highest BCUT2D eigenvalue weighted by Gasteiger charge is 2.38. The lowest BCUT2D eigenvalue weighted by Crippen LogP contribution is -2.50. The van der Waals surface area contributed by atoms with Crippen molar-refractivity contribution in [2.75, 3.05) is 25.1 Å². The fraction of sp³-hybridized carbons (Fsp3) is 0.261. The minimum absolute atomic E-state index is 0.161. The van der Waals surface area contributed by atoms with Gasteiger partial charge in [0.05, 0.1) is 5.52 Å². The zero-order valence-electron chi connectivity index (χ0n) is 16.9. The highest BCUT2D eigenvalue weighted by atomic mass is 16.6. The lowest BCUT2D eigenvalue weighted by atomic mass is 9.99. The van der Waals surface area contributed by atoms with Crippen LogP contribution < -0.4 is 20.3 Å². The first-order valence-electron chi connectivity index (χ1n) is 10.1. The number of β-lactam (4-membered cyclic amide) rings is 1. The molecule has 5 rings (SSSR count). The molecule has 3 aromatic rings. The van der Waals surface area contributed by atoms with Gasteiger partial charge in [-0.05, 0) is 31.2 Å². The zero-order valence-corrected chi connectivity index (χ0v) is 16.9. The molecule has 1 fully saturated rings. The number of carbonyl (C=O) groups excluding carboxylic acids is 2. The van der Waals surface area contributed by atoms with Crippen LogP contribution in [0.1, 0.15) is 23.6 Å². The van der Waals surface area contributed by atoms with Crippen molar-refractivity contribution >= 4 is 28.4 Å². The van der Waals surface area contributed by atoms with Gasteiger partial charge in [-0.15, -0.1) is 0 Å². The Morgan fingerprint density at radius 2 is 1.77 bits per heavy atom. The summed E-state index contributed by atoms with van der Waals surface area (Å²) < 4.78 is 11.2. The Balaban J connectivity index is 1.56. The van der Waals surface area contributed by atoms with Crippen LogP contribution in [0.5, 0.6) is 11.5 Å². The van der Waals surface area contributed by atoms with E-state index in [1.54, 1.807) is 30.3 Å². The van der Waals surface area contributed by atoms with Crippen LogP contribution in [0.3, 0.4) is 0 Å². The predicted molar refractivity (Wildman–Crippen MR) is 114 cm³/mol. The summed E-state index contributed by atoms with van der Waals surface area (Å²) in [4.78, 5) is 42.6. The molecule has 8 heteroatoms. The van der Waals surface area contributed by atoms with Gasteiger partial charge in [-0.25, -0.2) is 0 Å². The van der Waals surface area contributed by atoms with Gasteiger partial charge < -0.3 is 24.7 Å². The number of hydrogen-bond acceptors (Lipinski definition) is 5. The molecule has 8 nitrogen and oxygen atoms in total. The summed E-state index contributed by atoms with van der Waals surface area (Å²) >= 11 is 0. The third-order valence-electron chi connectivity index (χ3n) is 5.60. The van der Waals surface area contributed by atoms with Crippen LogP contribution in [0.25, 0.3) is 10.9 Å². The number of carbonyl (C=O) groups is 2. The summed E-state index contributed by atoms with van der Waals surface area (Å²) in [6.45, 7) is 3.26. The first-order valence-corrected chi connectivity index (χ1v) is 10.1. The van der Waals surface area contributed by atoms with Gasteiger partial charge in [0.1, 0.15) is 19.3 Å². The molecule has 2 aliphatic heterocycles. The van der Waals surface area contributed by atoms with E-state index in [2.05, 4.69) is 10.3 Å². The molecule has 1 unspecified atom stereocenters. The van der Waals surface area contributed by atoms with Crippen LogP contribution in [0.2, 0.25) is 0 Å². The van der Waals surface area contributed by atoms with E-state index < -0.39 is 17.5 Å². The van der Waals surface area contributed by atoms with Gasteiger partial charge in [-0.3, -0.25) is 14.4 Å². The van der Waals surface area contributed by atoms with Crippen LogP contribution in [-0.4, -0.2) is 41.5 Å². The number of fused-ring (bicyclic) bond motifs is 2. The van der Waals surface area contributed by atoms with Crippen molar-refractivity contribution < 1.29 is 19.1 Å². The Kier molecular flexibility index (Phi) is 4.62. The molecule has 0 bridgehead atoms. The summed E-state index contributed by atoms with van der Waals surface area (Å²) in [5, 5.41) is 3.53. The van der Waals surface area contributed by atoms with Crippen LogP contribution >= 0.6 is 0 Å². The molecule has 3 heterocycles. The summed E-state index contributed by atoms with van der Waals surface area (Å²) in [6.07, 6.45) is 0.360. The Hall–Kier alpha value is -3.81. The largest absolute Gasteiger partial charge is 0.486 e. The number of likely N-dealkylation sites (tertiary alicyclic amines) is 1. The number of nitrogens with one attached hydrogen (secondary N) is 2. The van der Waals surface area contributed by atoms with E-state index in [1.807, 2.05) is 19.1 Å². The minimum atomic E-state index is -1.02. The molecule has 2 amide bonds. The van der Waals surface area contributed by atoms with E-state index in [9.17, 15) is 14.4 Å². The van der Waals surface area contributed by atoms with Gasteiger partial charge in [0.15, 0.2) is 11.5 Å². The van der Waals surface area contributed by atoms with E-state index in [1.165, 1.54) is 4.90 Å². The monoisotopic (exact) mass is 419 g/mol. The number of aromatic nitrogens is 1. The third-order valence-corrected chi connectivity index (χ3v) is 5.60. The second-order valence-corrected chi connectivity index (χ2v) is 7.73. The average molecular weight is 419 g/mol. The first-order chi connectivity index (χ1) is 15.0. The quantitative estimate of drug-likeness (QED) is 0.633. The molecule has 1 aromatic heterocycles. The lowest BCUT2D eigenvalue weighted by Gasteiger charge is -2.37. The number of hydrogen-bond donors (Lipinski definition) is 2. The molecule has 158 valence electrons. The molecule has 0 spiro atoms. The smallest absolute Gasteiger partial charge is 0.254 e. The number of aromatic amines is 1. The van der Waals surface area contributed by atoms with Crippen LogP contribution in [0, 0.1) is 6.92 Å². The maximum atomic E-state index is 13.2. The van der Waals surface area contributed by atoms with Crippen LogP contribution in [0.15, 0.2) is 47.3 Å². The number of amides is 2. The molecule has 2 N–H and O–H groups in total. The Labute approximate surface area is 177 Å². The zero-order chi connectivity index (χ0) is 21.5. The fourth-order valence-electron chi connectivity index (χ4n) is 3.87. The molecular formula is C23H21N3O5. The SMILES string of the molecule is Cc1ccc(NC(=O)C(c2cc3cc4c(cc3[nH]c2=O)OCCO4)N2CCC2=O)cc1. The molecule has 1 atom stereocenters. The van der Waals surface area contributed by atoms with Crippen molar-refractivity contribution in [1.82, 2.24) is 9.88 Å². The lowest BCUT2D eigenvalue weighted by molar-refractivity contribution is -0.147. The summed E-state index contributed by atoms with van der Waals surface area (Å²) in [5.41, 5.74) is 2.03. The second kappa shape index (κ2) is 7.46. The van der Waals surface area contributed by atoms with E-state index in [4.69, 9.17) is 9.47 Å². The number of aryl methyl sites for hydroxylation is 1. The van der Waals surface area contributed by atoms with Gasteiger partial charge in [-0.1, -0.05) is 17.7 Å². The molecule has 0 saturated carbocycles. The third kappa shape index (κ3) is 3.50. The fourth-order valence-corrected chi connectivity index (χ4v) is 3.87. The molecule has 1 saturated heterocycles. The molecule has 31 heavy (non-hydrogen) atoms. The summed E-state index contributed by atoms with van der Waals surface area (Å²) in [5.74, 6) is 0.552. The van der Waals surface area contributed by atoms with E-state index in [0.29, 0.717) is 54.3 Å².